The van der Waals surface area contributed by atoms with Gasteiger partial charge in [0.15, 0.2) is 0 Å². The quantitative estimate of drug-likeness (QED) is 0.457. The van der Waals surface area contributed by atoms with Gasteiger partial charge in [-0.3, -0.25) is 4.79 Å². The molecule has 3 rings (SSSR count). The summed E-state index contributed by atoms with van der Waals surface area (Å²) in [4.78, 5) is 23.9. The lowest BCUT2D eigenvalue weighted by atomic mass is 10.2. The van der Waals surface area contributed by atoms with E-state index in [1.54, 1.807) is 38.1 Å². The van der Waals surface area contributed by atoms with E-state index in [2.05, 4.69) is 15.5 Å². The Kier molecular flexibility index (Phi) is 6.61. The highest BCUT2D eigenvalue weighted by molar-refractivity contribution is 7.99. The van der Waals surface area contributed by atoms with Crippen molar-refractivity contribution in [3.05, 3.63) is 59.9 Å². The number of hydrogen-bond acceptors (Lipinski definition) is 7. The van der Waals surface area contributed by atoms with Crippen LogP contribution in [0.15, 0.2) is 58.2 Å². The number of hydrogen-bond donors (Lipinski definition) is 1. The van der Waals surface area contributed by atoms with E-state index >= 15 is 0 Å². The topological polar surface area (TPSA) is 94.3 Å². The lowest BCUT2D eigenvalue weighted by molar-refractivity contribution is -0.113. The molecule has 1 aromatic heterocycles. The van der Waals surface area contributed by atoms with Crippen LogP contribution in [0.5, 0.6) is 0 Å². The highest BCUT2D eigenvalue weighted by Gasteiger charge is 2.13. The van der Waals surface area contributed by atoms with Gasteiger partial charge in [0.25, 0.3) is 5.22 Å². The van der Waals surface area contributed by atoms with Crippen molar-refractivity contribution < 1.29 is 23.1 Å². The summed E-state index contributed by atoms with van der Waals surface area (Å²) >= 11 is 1.08. The minimum absolute atomic E-state index is 0.0577. The molecule has 1 amide bonds. The number of rotatable bonds is 7. The van der Waals surface area contributed by atoms with Crippen molar-refractivity contribution in [2.75, 3.05) is 11.1 Å². The standard InChI is InChI=1S/C20H18FN3O4S/c1-12(2)27-19(26)14-5-9-16(10-6-14)22-17(25)11-29-20-24-23-18(28-20)13-3-7-15(21)8-4-13/h3-10,12H,11H2,1-2H3,(H,22,25). The number of amides is 1. The predicted molar refractivity (Wildman–Crippen MR) is 106 cm³/mol. The Morgan fingerprint density at radius 1 is 1.10 bits per heavy atom. The molecule has 7 nitrogen and oxygen atoms in total. The number of halogens is 1. The molecule has 0 aliphatic rings. The van der Waals surface area contributed by atoms with E-state index in [1.807, 2.05) is 0 Å². The first-order valence-corrected chi connectivity index (χ1v) is 9.72. The third kappa shape index (κ3) is 5.89. The minimum atomic E-state index is -0.415. The van der Waals surface area contributed by atoms with Gasteiger partial charge in [-0.15, -0.1) is 10.2 Å². The van der Waals surface area contributed by atoms with E-state index in [1.165, 1.54) is 24.3 Å². The van der Waals surface area contributed by atoms with Gasteiger partial charge in [0, 0.05) is 11.3 Å². The number of thioether (sulfide) groups is 1. The molecule has 0 aliphatic carbocycles. The molecule has 2 aromatic carbocycles. The molecule has 0 unspecified atom stereocenters. The lowest BCUT2D eigenvalue weighted by Gasteiger charge is -2.08. The molecular weight excluding hydrogens is 397 g/mol. The van der Waals surface area contributed by atoms with E-state index in [0.717, 1.165) is 11.8 Å². The highest BCUT2D eigenvalue weighted by Crippen LogP contribution is 2.23. The van der Waals surface area contributed by atoms with Gasteiger partial charge in [0.05, 0.1) is 17.4 Å². The Hall–Kier alpha value is -3.20. The molecule has 3 aromatic rings. The zero-order chi connectivity index (χ0) is 20.8. The first-order chi connectivity index (χ1) is 13.9. The van der Waals surface area contributed by atoms with Crippen LogP contribution < -0.4 is 5.32 Å². The van der Waals surface area contributed by atoms with Crippen molar-refractivity contribution in [3.8, 4) is 11.5 Å². The molecule has 9 heteroatoms. The van der Waals surface area contributed by atoms with Gasteiger partial charge in [-0.1, -0.05) is 11.8 Å². The van der Waals surface area contributed by atoms with Gasteiger partial charge in [0.1, 0.15) is 5.82 Å². The average molecular weight is 415 g/mol. The Bertz CT molecular complexity index is 988. The molecule has 0 fully saturated rings. The minimum Gasteiger partial charge on any atom is -0.459 e. The van der Waals surface area contributed by atoms with E-state index in [4.69, 9.17) is 9.15 Å². The summed E-state index contributed by atoms with van der Waals surface area (Å²) in [5.41, 5.74) is 1.55. The second-order valence-corrected chi connectivity index (χ2v) is 7.17. The maximum atomic E-state index is 13.0. The van der Waals surface area contributed by atoms with Crippen LogP contribution >= 0.6 is 11.8 Å². The normalized spacial score (nSPS) is 10.8. The summed E-state index contributed by atoms with van der Waals surface area (Å²) in [5.74, 6) is -0.737. The largest absolute Gasteiger partial charge is 0.459 e. The zero-order valence-corrected chi connectivity index (χ0v) is 16.5. The second kappa shape index (κ2) is 9.33. The fourth-order valence-corrected chi connectivity index (χ4v) is 2.84. The number of nitrogens with zero attached hydrogens (tertiary/aromatic N) is 2. The van der Waals surface area contributed by atoms with Gasteiger partial charge in [0.2, 0.25) is 11.8 Å². The smallest absolute Gasteiger partial charge is 0.338 e. The number of benzene rings is 2. The zero-order valence-electron chi connectivity index (χ0n) is 15.7. The van der Waals surface area contributed by atoms with Gasteiger partial charge < -0.3 is 14.5 Å². The molecule has 0 saturated heterocycles. The summed E-state index contributed by atoms with van der Waals surface area (Å²) < 4.78 is 23.6. The molecule has 0 spiro atoms. The SMILES string of the molecule is CC(C)OC(=O)c1ccc(NC(=O)CSc2nnc(-c3ccc(F)cc3)o2)cc1. The van der Waals surface area contributed by atoms with Crippen molar-refractivity contribution in [2.45, 2.75) is 25.2 Å². The van der Waals surface area contributed by atoms with Crippen LogP contribution in [0.4, 0.5) is 10.1 Å². The van der Waals surface area contributed by atoms with Gasteiger partial charge in [-0.25, -0.2) is 9.18 Å². The van der Waals surface area contributed by atoms with Crippen molar-refractivity contribution in [1.82, 2.24) is 10.2 Å². The summed E-state index contributed by atoms with van der Waals surface area (Å²) in [5, 5.41) is 10.7. The fraction of sp³-hybridized carbons (Fsp3) is 0.200. The van der Waals surface area contributed by atoms with E-state index < -0.39 is 5.97 Å². The van der Waals surface area contributed by atoms with E-state index in [9.17, 15) is 14.0 Å². The Morgan fingerprint density at radius 2 is 1.79 bits per heavy atom. The molecule has 0 atom stereocenters. The maximum Gasteiger partial charge on any atom is 0.338 e. The summed E-state index contributed by atoms with van der Waals surface area (Å²) in [6.45, 7) is 3.55. The fourth-order valence-electron chi connectivity index (χ4n) is 2.27. The first kappa shape index (κ1) is 20.5. The van der Waals surface area contributed by atoms with Crippen LogP contribution in [0.3, 0.4) is 0 Å². The molecule has 0 radical (unpaired) electrons. The predicted octanol–water partition coefficient (Wildman–Crippen LogP) is 4.17. The van der Waals surface area contributed by atoms with Crippen LogP contribution in [0.1, 0.15) is 24.2 Å². The molecule has 0 bridgehead atoms. The third-order valence-corrected chi connectivity index (χ3v) is 4.39. The number of carbonyl (C=O) groups is 2. The lowest BCUT2D eigenvalue weighted by Crippen LogP contribution is -2.14. The van der Waals surface area contributed by atoms with Gasteiger partial charge in [-0.05, 0) is 62.4 Å². The number of ether oxygens (including phenoxy) is 1. The summed E-state index contributed by atoms with van der Waals surface area (Å²) in [6, 6.07) is 12.1. The number of nitrogens with one attached hydrogen (secondary N) is 1. The number of aromatic nitrogens is 2. The average Bonchev–Trinajstić information content (AvgIpc) is 3.16. The Labute approximate surface area is 170 Å². The van der Waals surface area contributed by atoms with Crippen molar-refractivity contribution >= 4 is 29.3 Å². The van der Waals surface area contributed by atoms with Crippen LogP contribution in [-0.2, 0) is 9.53 Å². The summed E-state index contributed by atoms with van der Waals surface area (Å²) in [6.07, 6.45) is -0.202. The molecule has 0 aliphatic heterocycles. The van der Waals surface area contributed by atoms with Crippen molar-refractivity contribution in [3.63, 3.8) is 0 Å². The Morgan fingerprint density at radius 3 is 2.45 bits per heavy atom. The molecule has 1 N–H and O–H groups in total. The molecule has 1 heterocycles. The van der Waals surface area contributed by atoms with Crippen LogP contribution in [0.25, 0.3) is 11.5 Å². The monoisotopic (exact) mass is 415 g/mol. The van der Waals surface area contributed by atoms with E-state index in [-0.39, 0.29) is 34.7 Å². The number of esters is 1. The van der Waals surface area contributed by atoms with E-state index in [0.29, 0.717) is 16.8 Å². The second-order valence-electron chi connectivity index (χ2n) is 6.25. The summed E-state index contributed by atoms with van der Waals surface area (Å²) in [7, 11) is 0. The molecule has 150 valence electrons. The molecule has 0 saturated carbocycles. The first-order valence-electron chi connectivity index (χ1n) is 8.74. The molecular formula is C20H18FN3O4S. The van der Waals surface area contributed by atoms with Crippen LogP contribution in [-0.4, -0.2) is 33.9 Å². The van der Waals surface area contributed by atoms with Crippen molar-refractivity contribution in [2.24, 2.45) is 0 Å². The maximum absolute atomic E-state index is 13.0. The number of carbonyl (C=O) groups excluding carboxylic acids is 2. The highest BCUT2D eigenvalue weighted by atomic mass is 32.2. The van der Waals surface area contributed by atoms with Crippen LogP contribution in [0.2, 0.25) is 0 Å². The van der Waals surface area contributed by atoms with Gasteiger partial charge in [-0.2, -0.15) is 0 Å². The third-order valence-electron chi connectivity index (χ3n) is 3.57. The van der Waals surface area contributed by atoms with Gasteiger partial charge >= 0.3 is 5.97 Å². The van der Waals surface area contributed by atoms with Crippen molar-refractivity contribution in [1.29, 1.82) is 0 Å². The van der Waals surface area contributed by atoms with Crippen LogP contribution in [0, 0.1) is 5.82 Å². The Balaban J connectivity index is 1.51. The molecule has 29 heavy (non-hydrogen) atoms. The number of anilines is 1.